The first-order chi connectivity index (χ1) is 17.7. The number of hydrogen-bond donors (Lipinski definition) is 1. The summed E-state index contributed by atoms with van der Waals surface area (Å²) in [6.45, 7) is 12.4. The summed E-state index contributed by atoms with van der Waals surface area (Å²) in [7, 11) is 0. The van der Waals surface area contributed by atoms with Gasteiger partial charge in [-0.2, -0.15) is 0 Å². The summed E-state index contributed by atoms with van der Waals surface area (Å²) < 4.78 is 11.8. The minimum atomic E-state index is -0.812. The molecule has 0 bridgehead atoms. The predicted molar refractivity (Wildman–Crippen MR) is 154 cm³/mol. The summed E-state index contributed by atoms with van der Waals surface area (Å²) in [5, 5.41) is 8.77. The number of hydrogen-bond acceptors (Lipinski definition) is 5. The van der Waals surface area contributed by atoms with Gasteiger partial charge in [0.25, 0.3) is 0 Å². The Hall–Kier alpha value is -2.99. The third-order valence-corrected chi connectivity index (χ3v) is 6.59. The quantitative estimate of drug-likeness (QED) is 0.266. The summed E-state index contributed by atoms with van der Waals surface area (Å²) in [6, 6.07) is 11.9. The first-order valence-electron chi connectivity index (χ1n) is 12.7. The average molecular weight is 527 g/mol. The molecule has 3 rings (SSSR count). The lowest BCUT2D eigenvalue weighted by molar-refractivity contribution is -0.133. The maximum atomic E-state index is 10.7. The molecule has 0 spiro atoms. The van der Waals surface area contributed by atoms with Crippen molar-refractivity contribution in [3.05, 3.63) is 77.4 Å². The molecule has 2 aromatic rings. The van der Waals surface area contributed by atoms with Gasteiger partial charge in [-0.15, -0.1) is 11.8 Å². The van der Waals surface area contributed by atoms with Crippen molar-refractivity contribution in [1.29, 1.82) is 0 Å². The number of benzene rings is 2. The molecule has 2 aromatic carbocycles. The Kier molecular flexibility index (Phi) is 15.8. The summed E-state index contributed by atoms with van der Waals surface area (Å²) in [6.07, 6.45) is 12.9. The molecule has 1 aliphatic rings. The molecule has 0 aromatic heterocycles. The lowest BCUT2D eigenvalue weighted by Crippen LogP contribution is -2.16. The van der Waals surface area contributed by atoms with Crippen LogP contribution in [0.3, 0.4) is 0 Å². The van der Waals surface area contributed by atoms with E-state index in [1.54, 1.807) is 0 Å². The molecule has 0 saturated carbocycles. The van der Waals surface area contributed by atoms with Crippen LogP contribution >= 0.6 is 11.8 Å². The number of rotatable bonds is 9. The predicted octanol–water partition coefficient (Wildman–Crippen LogP) is 7.76. The van der Waals surface area contributed by atoms with Crippen molar-refractivity contribution in [2.24, 2.45) is 5.92 Å². The van der Waals surface area contributed by atoms with E-state index in [-0.39, 0.29) is 11.9 Å². The van der Waals surface area contributed by atoms with Crippen molar-refractivity contribution in [3.8, 4) is 11.5 Å². The number of carboxylic acids is 1. The van der Waals surface area contributed by atoms with E-state index in [4.69, 9.17) is 19.4 Å². The Labute approximate surface area is 227 Å². The van der Waals surface area contributed by atoms with Gasteiger partial charge >= 0.3 is 5.97 Å². The van der Waals surface area contributed by atoms with Crippen LogP contribution in [-0.2, 0) is 9.59 Å². The van der Waals surface area contributed by atoms with Crippen LogP contribution in [0.4, 0.5) is 0 Å². The average Bonchev–Trinajstić information content (AvgIpc) is 3.08. The molecule has 0 aliphatic heterocycles. The second-order valence-electron chi connectivity index (χ2n) is 9.05. The van der Waals surface area contributed by atoms with Crippen molar-refractivity contribution in [2.75, 3.05) is 12.4 Å². The van der Waals surface area contributed by atoms with Crippen molar-refractivity contribution in [1.82, 2.24) is 0 Å². The molecule has 2 atom stereocenters. The van der Waals surface area contributed by atoms with Gasteiger partial charge in [-0.05, 0) is 88.8 Å². The topological polar surface area (TPSA) is 72.8 Å². The number of aliphatic carboxylic acids is 1. The van der Waals surface area contributed by atoms with Gasteiger partial charge in [0.1, 0.15) is 17.8 Å². The molecule has 0 fully saturated rings. The minimum absolute atomic E-state index is 0.0582. The summed E-state index contributed by atoms with van der Waals surface area (Å²) >= 11 is 1.32. The second-order valence-corrected chi connectivity index (χ2v) is 10.1. The van der Waals surface area contributed by atoms with Gasteiger partial charge in [-0.1, -0.05) is 48.9 Å². The standard InChI is InChI=1S/C21H26O4S.C8H12.C2H4O/c1-14-5-7-19(15(2)11-14)25-17(4)9-10-24-18-6-8-20(16(3)12-18)26-13-21(22)23;1-8-6-4-2-3-5-7-8;1-2-3/h5-8,11-12,17H,9-10,13H2,1-4H3,(H,22,23);2-4,6,8H,5,7H2,1H3;2H,1H3/t17-;;/m1../s1. The smallest absolute Gasteiger partial charge is 0.313 e. The van der Waals surface area contributed by atoms with Gasteiger partial charge in [-0.3, -0.25) is 4.79 Å². The molecule has 0 radical (unpaired) electrons. The summed E-state index contributed by atoms with van der Waals surface area (Å²) in [5.74, 6) is 1.74. The van der Waals surface area contributed by atoms with Crippen molar-refractivity contribution >= 4 is 24.0 Å². The third-order valence-electron chi connectivity index (χ3n) is 5.42. The fourth-order valence-electron chi connectivity index (χ4n) is 3.45. The molecular formula is C31H42O5S. The molecule has 0 saturated heterocycles. The van der Waals surface area contributed by atoms with Crippen LogP contribution in [-0.4, -0.2) is 35.8 Å². The van der Waals surface area contributed by atoms with E-state index >= 15 is 0 Å². The number of carboxylic acid groups (broad SMARTS) is 1. The fourth-order valence-corrected chi connectivity index (χ4v) is 4.18. The van der Waals surface area contributed by atoms with E-state index in [1.807, 2.05) is 38.1 Å². The molecule has 202 valence electrons. The number of allylic oxidation sites excluding steroid dienone is 4. The zero-order valence-corrected chi connectivity index (χ0v) is 23.8. The SMILES string of the molecule is CC1C=CC=CCC1.CC=O.Cc1ccc(O[C@H](C)CCOc2ccc(SCC(=O)O)c(C)c2)c(C)c1. The molecule has 0 amide bonds. The second kappa shape index (κ2) is 18.3. The van der Waals surface area contributed by atoms with Crippen LogP contribution < -0.4 is 9.47 Å². The third kappa shape index (κ3) is 14.4. The van der Waals surface area contributed by atoms with Crippen LogP contribution in [0.25, 0.3) is 0 Å². The van der Waals surface area contributed by atoms with E-state index < -0.39 is 5.97 Å². The van der Waals surface area contributed by atoms with Crippen molar-refractivity contribution in [3.63, 3.8) is 0 Å². The minimum Gasteiger partial charge on any atom is -0.493 e. The number of aryl methyl sites for hydroxylation is 3. The molecule has 1 N–H and O–H groups in total. The van der Waals surface area contributed by atoms with Crippen molar-refractivity contribution in [2.45, 2.75) is 71.8 Å². The Bertz CT molecular complexity index is 1030. The highest BCUT2D eigenvalue weighted by molar-refractivity contribution is 8.00. The Morgan fingerprint density at radius 3 is 2.51 bits per heavy atom. The lowest BCUT2D eigenvalue weighted by Gasteiger charge is -2.17. The molecule has 0 heterocycles. The van der Waals surface area contributed by atoms with Gasteiger partial charge in [0.05, 0.1) is 18.5 Å². The zero-order chi connectivity index (χ0) is 27.6. The number of ether oxygens (including phenoxy) is 2. The van der Waals surface area contributed by atoms with Gasteiger partial charge in [0, 0.05) is 11.3 Å². The first kappa shape index (κ1) is 32.0. The van der Waals surface area contributed by atoms with Crippen LogP contribution in [0.1, 0.15) is 56.7 Å². The fraction of sp³-hybridized carbons (Fsp3) is 0.419. The maximum absolute atomic E-state index is 10.7. The zero-order valence-electron chi connectivity index (χ0n) is 23.0. The van der Waals surface area contributed by atoms with Gasteiger partial charge in [-0.25, -0.2) is 0 Å². The highest BCUT2D eigenvalue weighted by Gasteiger charge is 2.08. The van der Waals surface area contributed by atoms with Crippen LogP contribution in [0, 0.1) is 26.7 Å². The highest BCUT2D eigenvalue weighted by atomic mass is 32.2. The van der Waals surface area contributed by atoms with Crippen LogP contribution in [0.15, 0.2) is 65.6 Å². The Morgan fingerprint density at radius 2 is 1.86 bits per heavy atom. The number of aldehydes is 1. The largest absolute Gasteiger partial charge is 0.493 e. The molecule has 1 aliphatic carbocycles. The maximum Gasteiger partial charge on any atom is 0.313 e. The van der Waals surface area contributed by atoms with Crippen LogP contribution in [0.2, 0.25) is 0 Å². The van der Waals surface area contributed by atoms with E-state index in [0.717, 1.165) is 46.1 Å². The normalized spacial score (nSPS) is 14.7. The molecular weight excluding hydrogens is 484 g/mol. The number of thioether (sulfide) groups is 1. The first-order valence-corrected chi connectivity index (χ1v) is 13.7. The Balaban J connectivity index is 0.000000516. The van der Waals surface area contributed by atoms with E-state index in [2.05, 4.69) is 57.2 Å². The van der Waals surface area contributed by atoms with Crippen molar-refractivity contribution < 1.29 is 24.2 Å². The summed E-state index contributed by atoms with van der Waals surface area (Å²) in [4.78, 5) is 20.4. The number of carbonyl (C=O) groups is 2. The summed E-state index contributed by atoms with van der Waals surface area (Å²) in [5.41, 5.74) is 3.39. The van der Waals surface area contributed by atoms with E-state index in [9.17, 15) is 4.79 Å². The van der Waals surface area contributed by atoms with E-state index in [0.29, 0.717) is 6.61 Å². The monoisotopic (exact) mass is 526 g/mol. The molecule has 5 nitrogen and oxygen atoms in total. The van der Waals surface area contributed by atoms with Gasteiger partial charge in [0.15, 0.2) is 0 Å². The molecule has 1 unspecified atom stereocenters. The van der Waals surface area contributed by atoms with Crippen LogP contribution in [0.5, 0.6) is 11.5 Å². The molecule has 6 heteroatoms. The highest BCUT2D eigenvalue weighted by Crippen LogP contribution is 2.26. The number of carbonyl (C=O) groups excluding carboxylic acids is 1. The van der Waals surface area contributed by atoms with E-state index in [1.165, 1.54) is 37.1 Å². The van der Waals surface area contributed by atoms with Gasteiger partial charge in [0.2, 0.25) is 0 Å². The van der Waals surface area contributed by atoms with Gasteiger partial charge < -0.3 is 19.4 Å². The Morgan fingerprint density at radius 1 is 1.14 bits per heavy atom. The molecule has 37 heavy (non-hydrogen) atoms. The lowest BCUT2D eigenvalue weighted by atomic mass is 10.1.